The van der Waals surface area contributed by atoms with E-state index in [2.05, 4.69) is 27.6 Å². The summed E-state index contributed by atoms with van der Waals surface area (Å²) in [5.41, 5.74) is 8.11. The monoisotopic (exact) mass is 456 g/mol. The Hall–Kier alpha value is -4.04. The van der Waals surface area contributed by atoms with Crippen molar-refractivity contribution in [3.8, 4) is 16.3 Å². The van der Waals surface area contributed by atoms with Crippen LogP contribution in [0.4, 0.5) is 5.69 Å². The number of nitro groups is 1. The van der Waals surface area contributed by atoms with Crippen LogP contribution in [0.2, 0.25) is 0 Å². The summed E-state index contributed by atoms with van der Waals surface area (Å²) in [4.78, 5) is 15.1. The number of aromatic nitrogens is 1. The van der Waals surface area contributed by atoms with Crippen LogP contribution in [0.1, 0.15) is 29.3 Å². The second-order valence-electron chi connectivity index (χ2n) is 7.62. The lowest BCUT2D eigenvalue weighted by molar-refractivity contribution is -0.384. The Morgan fingerprint density at radius 2 is 1.76 bits per heavy atom. The summed E-state index contributed by atoms with van der Waals surface area (Å²) in [7, 11) is 0. The van der Waals surface area contributed by atoms with Crippen molar-refractivity contribution in [1.82, 2.24) is 10.4 Å². The van der Waals surface area contributed by atoms with Gasteiger partial charge in [0.25, 0.3) is 5.69 Å². The van der Waals surface area contributed by atoms with Gasteiger partial charge in [0.15, 0.2) is 0 Å². The van der Waals surface area contributed by atoms with E-state index in [1.165, 1.54) is 12.1 Å². The number of ether oxygens (including phenoxy) is 1. The second-order valence-corrected chi connectivity index (χ2v) is 8.47. The smallest absolute Gasteiger partial charge is 0.269 e. The standard InChI is InChI=1S/C25H20N4O3S/c30-29(31)21-10-6-17(7-11-21)23-14-24(28-27-23)18-8-12-22(13-9-18)32-15-20-16-33-25(26-20)19-4-2-1-3-5-19/h1-13,16,24,28H,14-15H2. The minimum atomic E-state index is -0.401. The van der Waals surface area contributed by atoms with Crippen LogP contribution in [0, 0.1) is 10.1 Å². The zero-order chi connectivity index (χ0) is 22.6. The van der Waals surface area contributed by atoms with Crippen molar-refractivity contribution in [2.75, 3.05) is 0 Å². The van der Waals surface area contributed by atoms with Crippen LogP contribution in [-0.4, -0.2) is 15.6 Å². The predicted molar refractivity (Wildman–Crippen MR) is 128 cm³/mol. The lowest BCUT2D eigenvalue weighted by Crippen LogP contribution is -2.09. The third-order valence-electron chi connectivity index (χ3n) is 5.41. The molecule has 3 aromatic carbocycles. The molecule has 0 fully saturated rings. The van der Waals surface area contributed by atoms with E-state index in [-0.39, 0.29) is 11.7 Å². The number of non-ortho nitro benzene ring substituents is 1. The molecule has 0 spiro atoms. The van der Waals surface area contributed by atoms with E-state index in [1.807, 2.05) is 47.8 Å². The molecule has 2 heterocycles. The van der Waals surface area contributed by atoms with Crippen LogP contribution in [0.15, 0.2) is 89.3 Å². The van der Waals surface area contributed by atoms with Gasteiger partial charge in [0.2, 0.25) is 0 Å². The molecule has 164 valence electrons. The zero-order valence-electron chi connectivity index (χ0n) is 17.5. The number of rotatable bonds is 7. The largest absolute Gasteiger partial charge is 0.487 e. The molecule has 33 heavy (non-hydrogen) atoms. The first kappa shape index (κ1) is 20.8. The maximum atomic E-state index is 10.8. The van der Waals surface area contributed by atoms with E-state index in [0.717, 1.165) is 38.9 Å². The first-order valence-electron chi connectivity index (χ1n) is 10.5. The summed E-state index contributed by atoms with van der Waals surface area (Å²) >= 11 is 1.61. The summed E-state index contributed by atoms with van der Waals surface area (Å²) < 4.78 is 5.92. The zero-order valence-corrected chi connectivity index (χ0v) is 18.4. The number of hydrazone groups is 1. The van der Waals surface area contributed by atoms with Gasteiger partial charge in [0.05, 0.1) is 22.4 Å². The number of nitrogens with zero attached hydrogens (tertiary/aromatic N) is 3. The normalized spacial score (nSPS) is 15.0. The summed E-state index contributed by atoms with van der Waals surface area (Å²) in [6, 6.07) is 24.6. The molecule has 0 saturated carbocycles. The molecular weight excluding hydrogens is 436 g/mol. The molecule has 1 aliphatic heterocycles. The Balaban J connectivity index is 1.17. The number of benzene rings is 3. The molecule has 1 N–H and O–H groups in total. The highest BCUT2D eigenvalue weighted by Crippen LogP contribution is 2.28. The van der Waals surface area contributed by atoms with Gasteiger partial charge in [0.1, 0.15) is 17.4 Å². The van der Waals surface area contributed by atoms with Gasteiger partial charge >= 0.3 is 0 Å². The van der Waals surface area contributed by atoms with E-state index in [9.17, 15) is 10.1 Å². The van der Waals surface area contributed by atoms with Crippen LogP contribution in [0.25, 0.3) is 10.6 Å². The first-order chi connectivity index (χ1) is 16.2. The van der Waals surface area contributed by atoms with Crippen molar-refractivity contribution in [1.29, 1.82) is 0 Å². The molecule has 1 atom stereocenters. The average Bonchev–Trinajstić information content (AvgIpc) is 3.54. The number of nitro benzene ring substituents is 1. The Labute approximate surface area is 194 Å². The fraction of sp³-hybridized carbons (Fsp3) is 0.120. The molecule has 0 radical (unpaired) electrons. The second kappa shape index (κ2) is 9.22. The van der Waals surface area contributed by atoms with Crippen LogP contribution >= 0.6 is 11.3 Å². The minimum Gasteiger partial charge on any atom is -0.487 e. The van der Waals surface area contributed by atoms with Gasteiger partial charge in [-0.05, 0) is 35.4 Å². The van der Waals surface area contributed by atoms with E-state index >= 15 is 0 Å². The molecule has 7 nitrogen and oxygen atoms in total. The molecule has 5 rings (SSSR count). The van der Waals surface area contributed by atoms with E-state index < -0.39 is 4.92 Å². The maximum absolute atomic E-state index is 10.8. The highest BCUT2D eigenvalue weighted by molar-refractivity contribution is 7.13. The van der Waals surface area contributed by atoms with E-state index in [4.69, 9.17) is 4.74 Å². The van der Waals surface area contributed by atoms with Crippen molar-refractivity contribution in [3.05, 3.63) is 111 Å². The molecule has 0 aliphatic carbocycles. The highest BCUT2D eigenvalue weighted by Gasteiger charge is 2.21. The Morgan fingerprint density at radius 1 is 1.00 bits per heavy atom. The first-order valence-corrected chi connectivity index (χ1v) is 11.3. The van der Waals surface area contributed by atoms with Gasteiger partial charge in [-0.25, -0.2) is 4.98 Å². The fourth-order valence-corrected chi connectivity index (χ4v) is 4.44. The van der Waals surface area contributed by atoms with Crippen LogP contribution in [0.3, 0.4) is 0 Å². The van der Waals surface area contributed by atoms with Crippen molar-refractivity contribution >= 4 is 22.7 Å². The van der Waals surface area contributed by atoms with Gasteiger partial charge in [-0.2, -0.15) is 5.10 Å². The lowest BCUT2D eigenvalue weighted by Gasteiger charge is -2.11. The van der Waals surface area contributed by atoms with E-state index in [1.54, 1.807) is 23.5 Å². The molecule has 0 bridgehead atoms. The summed E-state index contributed by atoms with van der Waals surface area (Å²) in [6.45, 7) is 0.414. The number of hydrogen-bond acceptors (Lipinski definition) is 7. The maximum Gasteiger partial charge on any atom is 0.269 e. The van der Waals surface area contributed by atoms with Gasteiger partial charge in [0, 0.05) is 29.5 Å². The molecule has 4 aromatic rings. The van der Waals surface area contributed by atoms with Crippen molar-refractivity contribution in [2.24, 2.45) is 5.10 Å². The van der Waals surface area contributed by atoms with Crippen molar-refractivity contribution in [2.45, 2.75) is 19.1 Å². The molecule has 1 aliphatic rings. The third-order valence-corrected chi connectivity index (χ3v) is 6.35. The van der Waals surface area contributed by atoms with Crippen LogP contribution in [-0.2, 0) is 6.61 Å². The Morgan fingerprint density at radius 3 is 2.48 bits per heavy atom. The SMILES string of the molecule is O=[N+]([O-])c1ccc(C2=NNC(c3ccc(OCc4csc(-c5ccccc5)n4)cc3)C2)cc1. The lowest BCUT2D eigenvalue weighted by atomic mass is 9.99. The third kappa shape index (κ3) is 4.75. The van der Waals surface area contributed by atoms with Gasteiger partial charge < -0.3 is 10.2 Å². The number of thiazole rings is 1. The van der Waals surface area contributed by atoms with Crippen molar-refractivity contribution in [3.63, 3.8) is 0 Å². The molecule has 8 heteroatoms. The number of hydrogen-bond donors (Lipinski definition) is 1. The van der Waals surface area contributed by atoms with Crippen molar-refractivity contribution < 1.29 is 9.66 Å². The molecule has 1 unspecified atom stereocenters. The minimum absolute atomic E-state index is 0.0520. The van der Waals surface area contributed by atoms with Gasteiger partial charge in [-0.1, -0.05) is 42.5 Å². The van der Waals surface area contributed by atoms with E-state index in [0.29, 0.717) is 13.0 Å². The topological polar surface area (TPSA) is 89.7 Å². The molecular formula is C25H20N4O3S. The van der Waals surface area contributed by atoms with Crippen LogP contribution < -0.4 is 10.2 Å². The summed E-state index contributed by atoms with van der Waals surface area (Å²) in [5.74, 6) is 0.780. The average molecular weight is 457 g/mol. The summed E-state index contributed by atoms with van der Waals surface area (Å²) in [6.07, 6.45) is 0.707. The Kier molecular flexibility index (Phi) is 5.82. The van der Waals surface area contributed by atoms with Gasteiger partial charge in [-0.15, -0.1) is 11.3 Å². The molecule has 0 amide bonds. The number of nitrogens with one attached hydrogen (secondary N) is 1. The fourth-order valence-electron chi connectivity index (χ4n) is 3.63. The quantitative estimate of drug-likeness (QED) is 0.283. The van der Waals surface area contributed by atoms with Gasteiger partial charge in [-0.3, -0.25) is 10.1 Å². The highest BCUT2D eigenvalue weighted by atomic mass is 32.1. The predicted octanol–water partition coefficient (Wildman–Crippen LogP) is 5.74. The molecule has 1 aromatic heterocycles. The Bertz CT molecular complexity index is 1290. The molecule has 0 saturated heterocycles. The van der Waals surface area contributed by atoms with Crippen LogP contribution in [0.5, 0.6) is 5.75 Å². The summed E-state index contributed by atoms with van der Waals surface area (Å²) in [5, 5.41) is 18.3.